The van der Waals surface area contributed by atoms with E-state index in [9.17, 15) is 9.59 Å². The van der Waals surface area contributed by atoms with Crippen LogP contribution in [0, 0.1) is 0 Å². The number of aliphatic imine (C=N–C) groups is 4. The molecule has 4 aliphatic rings. The molecular weight excluding hydrogens is 795 g/mol. The van der Waals surface area contributed by atoms with Gasteiger partial charge in [-0.05, 0) is 111 Å². The predicted octanol–water partition coefficient (Wildman–Crippen LogP) is 11.4. The standard InChI is InChI=1S/C14H13N.C12H15NO2.C11H13N.C10H11N.C8H5NO2/c1-12(13-8-4-2-5-9-13)15-14-10-6-3-7-11-14;1-8-10-7-12(15-3)11(14-2)6-9(10)4-5-13-8;1-2-6-10(7-3-1)11-8-4-5-9-12-11;1-2-5-9(6-3-1)10-7-4-8-11-10;10-7-5-3-1-2-4-6(5)8(11)9-7/h2-11H,1H3;6-7H,4-5H2,1-3H3;1-3,6-7H,4-5,8-9H2;1-3,5-6H,4,7-8H2;1-4H,(H,9,10,11). The second kappa shape index (κ2) is 24.4. The zero-order valence-electron chi connectivity index (χ0n) is 37.3. The van der Waals surface area contributed by atoms with E-state index in [4.69, 9.17) is 9.47 Å². The number of para-hydroxylation sites is 1. The van der Waals surface area contributed by atoms with Crippen molar-refractivity contribution in [2.45, 2.75) is 52.4 Å². The molecule has 0 unspecified atom stereocenters. The molecule has 0 atom stereocenters. The number of imide groups is 1. The molecule has 1 N–H and O–H groups in total. The van der Waals surface area contributed by atoms with Crippen LogP contribution in [0.25, 0.3) is 0 Å². The fourth-order valence-corrected chi connectivity index (χ4v) is 7.42. The average Bonchev–Trinajstić information content (AvgIpc) is 4.01. The van der Waals surface area contributed by atoms with E-state index < -0.39 is 0 Å². The van der Waals surface area contributed by atoms with Crippen molar-refractivity contribution in [1.82, 2.24) is 5.32 Å². The van der Waals surface area contributed by atoms with Crippen molar-refractivity contribution in [2.75, 3.05) is 33.9 Å². The molecular formula is C55H57N5O4. The Kier molecular flexibility index (Phi) is 17.6. The van der Waals surface area contributed by atoms with Crippen molar-refractivity contribution < 1.29 is 19.1 Å². The first kappa shape index (κ1) is 46.2. The second-order valence-corrected chi connectivity index (χ2v) is 15.3. The fraction of sp³-hybridized carbons (Fsp3) is 0.236. The Morgan fingerprint density at radius 3 is 1.53 bits per heavy atom. The summed E-state index contributed by atoms with van der Waals surface area (Å²) in [7, 11) is 3.31. The minimum atomic E-state index is -0.300. The van der Waals surface area contributed by atoms with Gasteiger partial charge in [-0.2, -0.15) is 0 Å². The summed E-state index contributed by atoms with van der Waals surface area (Å²) in [6, 6.07) is 51.9. The van der Waals surface area contributed by atoms with E-state index in [0.29, 0.717) is 11.1 Å². The summed E-state index contributed by atoms with van der Waals surface area (Å²) in [6.07, 6.45) is 7.08. The van der Waals surface area contributed by atoms with Gasteiger partial charge >= 0.3 is 0 Å². The molecule has 9 heteroatoms. The summed E-state index contributed by atoms with van der Waals surface area (Å²) in [5, 5.41) is 2.20. The smallest absolute Gasteiger partial charge is 0.258 e. The van der Waals surface area contributed by atoms with Crippen LogP contribution in [-0.2, 0) is 6.42 Å². The van der Waals surface area contributed by atoms with Gasteiger partial charge in [0.2, 0.25) is 0 Å². The first-order valence-corrected chi connectivity index (χ1v) is 21.9. The number of hydrogen-bond donors (Lipinski definition) is 1. The molecule has 0 aliphatic carbocycles. The van der Waals surface area contributed by atoms with Crippen LogP contribution in [-0.4, -0.2) is 68.5 Å². The molecule has 6 aromatic carbocycles. The summed E-state index contributed by atoms with van der Waals surface area (Å²) in [4.78, 5) is 39.8. The third-order valence-corrected chi connectivity index (χ3v) is 10.8. The number of fused-ring (bicyclic) bond motifs is 2. The van der Waals surface area contributed by atoms with Crippen molar-refractivity contribution in [3.8, 4) is 11.5 Å². The lowest BCUT2D eigenvalue weighted by atomic mass is 9.97. The van der Waals surface area contributed by atoms with Crippen molar-refractivity contribution in [3.05, 3.63) is 197 Å². The Balaban J connectivity index is 0.000000134. The summed E-state index contributed by atoms with van der Waals surface area (Å²) in [6.45, 7) is 6.97. The molecule has 9 nitrogen and oxygen atoms in total. The zero-order valence-corrected chi connectivity index (χ0v) is 37.3. The highest BCUT2D eigenvalue weighted by molar-refractivity contribution is 6.21. The van der Waals surface area contributed by atoms with Gasteiger partial charge < -0.3 is 9.47 Å². The highest BCUT2D eigenvalue weighted by atomic mass is 16.5. The molecule has 4 aliphatic heterocycles. The van der Waals surface area contributed by atoms with Gasteiger partial charge in [0.15, 0.2) is 11.5 Å². The molecule has 326 valence electrons. The fourth-order valence-electron chi connectivity index (χ4n) is 7.42. The number of nitrogens with zero attached hydrogens (tertiary/aromatic N) is 4. The molecule has 64 heavy (non-hydrogen) atoms. The quantitative estimate of drug-likeness (QED) is 0.133. The lowest BCUT2D eigenvalue weighted by Crippen LogP contribution is -2.19. The molecule has 0 saturated carbocycles. The zero-order chi connectivity index (χ0) is 44.9. The number of carbonyl (C=O) groups excluding carboxylic acids is 2. The van der Waals surface area contributed by atoms with E-state index in [1.807, 2.05) is 86.6 Å². The van der Waals surface area contributed by atoms with Crippen LogP contribution in [0.15, 0.2) is 178 Å². The van der Waals surface area contributed by atoms with Crippen LogP contribution in [0.4, 0.5) is 5.69 Å². The first-order chi connectivity index (χ1) is 31.3. The maximum absolute atomic E-state index is 10.9. The van der Waals surface area contributed by atoms with Crippen LogP contribution in [0.3, 0.4) is 0 Å². The highest BCUT2D eigenvalue weighted by Gasteiger charge is 2.25. The van der Waals surface area contributed by atoms with Gasteiger partial charge in [-0.1, -0.05) is 121 Å². The molecule has 0 radical (unpaired) electrons. The second-order valence-electron chi connectivity index (χ2n) is 15.3. The molecule has 6 aromatic rings. The molecule has 0 fully saturated rings. The van der Waals surface area contributed by atoms with E-state index in [1.54, 1.807) is 38.5 Å². The molecule has 4 heterocycles. The number of methoxy groups -OCH3 is 2. The maximum Gasteiger partial charge on any atom is 0.258 e. The Morgan fingerprint density at radius 2 is 1.02 bits per heavy atom. The van der Waals surface area contributed by atoms with E-state index >= 15 is 0 Å². The van der Waals surface area contributed by atoms with Gasteiger partial charge in [0, 0.05) is 48.0 Å². The average molecular weight is 852 g/mol. The van der Waals surface area contributed by atoms with Crippen LogP contribution < -0.4 is 14.8 Å². The largest absolute Gasteiger partial charge is 0.493 e. The van der Waals surface area contributed by atoms with Crippen LogP contribution in [0.2, 0.25) is 0 Å². The van der Waals surface area contributed by atoms with E-state index in [1.165, 1.54) is 58.5 Å². The SMILES string of the molecule is CC(=Nc1ccccc1)c1ccccc1.COc1cc2c(cc1OC)C(C)=NCC2.O=C1NC(=O)c2ccccc21.c1ccc(C2=NCCC2)cc1.c1ccc(C2=NCCCC2)cc1. The van der Waals surface area contributed by atoms with Crippen LogP contribution in [0.5, 0.6) is 11.5 Å². The number of hydrogen-bond acceptors (Lipinski definition) is 8. The summed E-state index contributed by atoms with van der Waals surface area (Å²) in [5.41, 5.74) is 12.9. The maximum atomic E-state index is 10.9. The number of amides is 2. The van der Waals surface area contributed by atoms with Crippen molar-refractivity contribution in [2.24, 2.45) is 20.0 Å². The number of benzene rings is 6. The Hall–Kier alpha value is -7.26. The lowest BCUT2D eigenvalue weighted by molar-refractivity contribution is 0.0879. The number of rotatable bonds is 6. The van der Waals surface area contributed by atoms with E-state index in [-0.39, 0.29) is 11.8 Å². The van der Waals surface area contributed by atoms with Gasteiger partial charge in [-0.3, -0.25) is 34.9 Å². The van der Waals surface area contributed by atoms with Crippen molar-refractivity contribution in [3.63, 3.8) is 0 Å². The van der Waals surface area contributed by atoms with Gasteiger partial charge in [0.1, 0.15) is 0 Å². The first-order valence-electron chi connectivity index (χ1n) is 21.9. The Morgan fingerprint density at radius 1 is 0.531 bits per heavy atom. The van der Waals surface area contributed by atoms with Crippen molar-refractivity contribution >= 4 is 40.3 Å². The number of carbonyl (C=O) groups is 2. The molecule has 0 aromatic heterocycles. The van der Waals surface area contributed by atoms with Gasteiger partial charge in [-0.25, -0.2) is 0 Å². The lowest BCUT2D eigenvalue weighted by Gasteiger charge is -2.17. The third-order valence-electron chi connectivity index (χ3n) is 10.8. The molecule has 2 amide bonds. The normalized spacial score (nSPS) is 14.6. The van der Waals surface area contributed by atoms with Crippen molar-refractivity contribution in [1.29, 1.82) is 0 Å². The summed E-state index contributed by atoms with van der Waals surface area (Å²) < 4.78 is 10.5. The van der Waals surface area contributed by atoms with Gasteiger partial charge in [0.25, 0.3) is 11.8 Å². The summed E-state index contributed by atoms with van der Waals surface area (Å²) >= 11 is 0. The minimum Gasteiger partial charge on any atom is -0.493 e. The predicted molar refractivity (Wildman–Crippen MR) is 262 cm³/mol. The number of nitrogens with one attached hydrogen (secondary N) is 1. The highest BCUT2D eigenvalue weighted by Crippen LogP contribution is 2.32. The third kappa shape index (κ3) is 13.4. The molecule has 0 spiro atoms. The molecule has 10 rings (SSSR count). The topological polar surface area (TPSA) is 114 Å². The van der Waals surface area contributed by atoms with E-state index in [0.717, 1.165) is 67.5 Å². The molecule has 0 bridgehead atoms. The van der Waals surface area contributed by atoms with Crippen LogP contribution >= 0.6 is 0 Å². The van der Waals surface area contributed by atoms with Gasteiger partial charge in [-0.15, -0.1) is 0 Å². The Labute approximate surface area is 377 Å². The minimum absolute atomic E-state index is 0.300. The monoisotopic (exact) mass is 851 g/mol. The Bertz CT molecular complexity index is 2540. The summed E-state index contributed by atoms with van der Waals surface area (Å²) in [5.74, 6) is 0.967. The number of ether oxygens (including phenoxy) is 2. The molecule has 0 saturated heterocycles. The van der Waals surface area contributed by atoms with Crippen LogP contribution in [0.1, 0.15) is 94.5 Å². The van der Waals surface area contributed by atoms with E-state index in [2.05, 4.69) is 86.0 Å². The van der Waals surface area contributed by atoms with Gasteiger partial charge in [0.05, 0.1) is 31.0 Å².